The van der Waals surface area contributed by atoms with Crippen molar-refractivity contribution >= 4 is 17.5 Å². The van der Waals surface area contributed by atoms with Crippen molar-refractivity contribution in [3.05, 3.63) is 5.28 Å². The van der Waals surface area contributed by atoms with E-state index in [9.17, 15) is 0 Å². The zero-order valence-corrected chi connectivity index (χ0v) is 8.69. The van der Waals surface area contributed by atoms with Crippen LogP contribution in [0.2, 0.25) is 5.28 Å². The SMILES string of the molecule is CN(C)c1nc(Cl)nc(OCCO)n1. The number of hydrogen-bond acceptors (Lipinski definition) is 6. The maximum absolute atomic E-state index is 8.54. The number of aromatic nitrogens is 3. The smallest absolute Gasteiger partial charge is 0.322 e. The van der Waals surface area contributed by atoms with Gasteiger partial charge in [-0.2, -0.15) is 15.0 Å². The lowest BCUT2D eigenvalue weighted by Gasteiger charge is -2.10. The van der Waals surface area contributed by atoms with Crippen LogP contribution in [-0.2, 0) is 0 Å². The summed E-state index contributed by atoms with van der Waals surface area (Å²) in [4.78, 5) is 13.2. The third-order valence-electron chi connectivity index (χ3n) is 1.30. The minimum absolute atomic E-state index is 0.0663. The van der Waals surface area contributed by atoms with Crippen LogP contribution in [0.15, 0.2) is 0 Å². The van der Waals surface area contributed by atoms with Gasteiger partial charge in [0.25, 0.3) is 0 Å². The molecule has 0 amide bonds. The Hall–Kier alpha value is -1.14. The Morgan fingerprint density at radius 2 is 2.07 bits per heavy atom. The van der Waals surface area contributed by atoms with Gasteiger partial charge in [0.1, 0.15) is 6.61 Å². The molecule has 1 aromatic rings. The van der Waals surface area contributed by atoms with Crippen molar-refractivity contribution in [1.82, 2.24) is 15.0 Å². The van der Waals surface area contributed by atoms with Crippen molar-refractivity contribution in [2.45, 2.75) is 0 Å². The van der Waals surface area contributed by atoms with E-state index in [-0.39, 0.29) is 24.5 Å². The highest BCUT2D eigenvalue weighted by molar-refractivity contribution is 6.28. The van der Waals surface area contributed by atoms with Crippen LogP contribution in [0.25, 0.3) is 0 Å². The summed E-state index contributed by atoms with van der Waals surface area (Å²) in [5.41, 5.74) is 0. The molecule has 14 heavy (non-hydrogen) atoms. The van der Waals surface area contributed by atoms with Crippen LogP contribution < -0.4 is 9.64 Å². The van der Waals surface area contributed by atoms with Gasteiger partial charge >= 0.3 is 6.01 Å². The molecule has 1 N–H and O–H groups in total. The van der Waals surface area contributed by atoms with Crippen LogP contribution in [0.5, 0.6) is 6.01 Å². The van der Waals surface area contributed by atoms with Crippen molar-refractivity contribution in [3.63, 3.8) is 0 Å². The van der Waals surface area contributed by atoms with Crippen LogP contribution in [0.4, 0.5) is 5.95 Å². The Morgan fingerprint density at radius 3 is 2.64 bits per heavy atom. The summed E-state index contributed by atoms with van der Waals surface area (Å²) in [6, 6.07) is 0.114. The Kier molecular flexibility index (Phi) is 3.84. The molecule has 0 unspecified atom stereocenters. The summed E-state index contributed by atoms with van der Waals surface area (Å²) < 4.78 is 5.00. The molecule has 0 saturated carbocycles. The van der Waals surface area contributed by atoms with Crippen LogP contribution in [0.3, 0.4) is 0 Å². The fraction of sp³-hybridized carbons (Fsp3) is 0.571. The second-order valence-corrected chi connectivity index (χ2v) is 2.99. The van der Waals surface area contributed by atoms with Crippen molar-refractivity contribution in [3.8, 4) is 6.01 Å². The zero-order valence-electron chi connectivity index (χ0n) is 7.94. The van der Waals surface area contributed by atoms with Crippen LogP contribution in [-0.4, -0.2) is 47.4 Å². The van der Waals surface area contributed by atoms with E-state index in [4.69, 9.17) is 21.4 Å². The van der Waals surface area contributed by atoms with Crippen molar-refractivity contribution in [2.24, 2.45) is 0 Å². The Balaban J connectivity index is 2.84. The molecule has 0 aromatic carbocycles. The number of halogens is 1. The average molecular weight is 219 g/mol. The van der Waals surface area contributed by atoms with Gasteiger partial charge in [-0.1, -0.05) is 0 Å². The van der Waals surface area contributed by atoms with E-state index in [2.05, 4.69) is 15.0 Å². The first-order chi connectivity index (χ1) is 6.63. The first-order valence-corrected chi connectivity index (χ1v) is 4.34. The molecule has 1 heterocycles. The summed E-state index contributed by atoms with van der Waals surface area (Å²) in [7, 11) is 3.56. The number of rotatable bonds is 4. The van der Waals surface area contributed by atoms with Crippen LogP contribution in [0, 0.1) is 0 Å². The Bertz CT molecular complexity index is 308. The fourth-order valence-electron chi connectivity index (χ4n) is 0.723. The fourth-order valence-corrected chi connectivity index (χ4v) is 0.871. The van der Waals surface area contributed by atoms with E-state index >= 15 is 0 Å². The molecule has 6 nitrogen and oxygen atoms in total. The monoisotopic (exact) mass is 218 g/mol. The number of ether oxygens (including phenoxy) is 1. The van der Waals surface area contributed by atoms with E-state index in [1.807, 2.05) is 0 Å². The van der Waals surface area contributed by atoms with Gasteiger partial charge in [-0.15, -0.1) is 0 Å². The summed E-state index contributed by atoms with van der Waals surface area (Å²) in [5.74, 6) is 0.415. The first kappa shape index (κ1) is 10.9. The molecular weight excluding hydrogens is 208 g/mol. The maximum atomic E-state index is 8.54. The summed E-state index contributed by atoms with van der Waals surface area (Å²) in [6.45, 7) is 0.0355. The molecule has 0 radical (unpaired) electrons. The van der Waals surface area contributed by atoms with Gasteiger partial charge in [0, 0.05) is 14.1 Å². The summed E-state index contributed by atoms with van der Waals surface area (Å²) in [5, 5.41) is 8.60. The summed E-state index contributed by atoms with van der Waals surface area (Å²) in [6.07, 6.45) is 0. The average Bonchev–Trinajstić information content (AvgIpc) is 2.14. The minimum atomic E-state index is -0.0966. The lowest BCUT2D eigenvalue weighted by atomic mass is 10.8. The quantitative estimate of drug-likeness (QED) is 0.765. The van der Waals surface area contributed by atoms with Gasteiger partial charge < -0.3 is 14.7 Å². The molecule has 0 bridgehead atoms. The molecule has 0 saturated heterocycles. The van der Waals surface area contributed by atoms with E-state index in [0.717, 1.165) is 0 Å². The lowest BCUT2D eigenvalue weighted by Crippen LogP contribution is -2.15. The predicted molar refractivity (Wildman–Crippen MR) is 51.7 cm³/mol. The number of nitrogens with zero attached hydrogens (tertiary/aromatic N) is 4. The second kappa shape index (κ2) is 4.92. The van der Waals surface area contributed by atoms with Crippen LogP contribution >= 0.6 is 11.6 Å². The highest BCUT2D eigenvalue weighted by Crippen LogP contribution is 2.12. The van der Waals surface area contributed by atoms with Crippen molar-refractivity contribution in [2.75, 3.05) is 32.2 Å². The Labute approximate surface area is 86.5 Å². The highest BCUT2D eigenvalue weighted by Gasteiger charge is 2.06. The molecule has 0 aliphatic heterocycles. The molecular formula is C7H11ClN4O2. The highest BCUT2D eigenvalue weighted by atomic mass is 35.5. The zero-order chi connectivity index (χ0) is 10.6. The van der Waals surface area contributed by atoms with Crippen LogP contribution in [0.1, 0.15) is 0 Å². The second-order valence-electron chi connectivity index (χ2n) is 2.65. The number of aliphatic hydroxyl groups is 1. The molecule has 1 rings (SSSR count). The standard InChI is InChI=1S/C7H11ClN4O2/c1-12(2)6-9-5(8)10-7(11-6)14-4-3-13/h13H,3-4H2,1-2H3. The molecule has 1 aromatic heterocycles. The van der Waals surface area contributed by atoms with Crippen molar-refractivity contribution < 1.29 is 9.84 Å². The van der Waals surface area contributed by atoms with Gasteiger partial charge in [0.05, 0.1) is 6.61 Å². The molecule has 78 valence electrons. The van der Waals surface area contributed by atoms with Gasteiger partial charge in [0.2, 0.25) is 11.2 Å². The van der Waals surface area contributed by atoms with Gasteiger partial charge in [0.15, 0.2) is 0 Å². The van der Waals surface area contributed by atoms with Gasteiger partial charge in [-0.3, -0.25) is 0 Å². The first-order valence-electron chi connectivity index (χ1n) is 3.96. The normalized spacial score (nSPS) is 10.0. The largest absolute Gasteiger partial charge is 0.461 e. The maximum Gasteiger partial charge on any atom is 0.322 e. The Morgan fingerprint density at radius 1 is 1.36 bits per heavy atom. The van der Waals surface area contributed by atoms with E-state index in [1.54, 1.807) is 19.0 Å². The molecule has 0 spiro atoms. The predicted octanol–water partition coefficient (Wildman–Crippen LogP) is -0.0379. The number of hydrogen-bond donors (Lipinski definition) is 1. The molecule has 0 atom stereocenters. The number of aliphatic hydroxyl groups excluding tert-OH is 1. The lowest BCUT2D eigenvalue weighted by molar-refractivity contribution is 0.191. The topological polar surface area (TPSA) is 71.4 Å². The third kappa shape index (κ3) is 2.97. The van der Waals surface area contributed by atoms with Gasteiger partial charge in [-0.25, -0.2) is 0 Å². The third-order valence-corrected chi connectivity index (χ3v) is 1.47. The molecule has 0 aliphatic carbocycles. The molecule has 0 aliphatic rings. The summed E-state index contributed by atoms with van der Waals surface area (Å²) >= 11 is 5.64. The van der Waals surface area contributed by atoms with E-state index < -0.39 is 0 Å². The molecule has 7 heteroatoms. The van der Waals surface area contributed by atoms with Crippen molar-refractivity contribution in [1.29, 1.82) is 0 Å². The van der Waals surface area contributed by atoms with E-state index in [1.165, 1.54) is 0 Å². The molecule has 0 fully saturated rings. The van der Waals surface area contributed by atoms with E-state index in [0.29, 0.717) is 5.95 Å². The number of anilines is 1. The van der Waals surface area contributed by atoms with Gasteiger partial charge in [-0.05, 0) is 11.6 Å². The minimum Gasteiger partial charge on any atom is -0.461 e.